The van der Waals surface area contributed by atoms with Crippen LogP contribution in [0.3, 0.4) is 0 Å². The SMILES string of the molecule is c1ccc2c(c1)CN(C[C@@H]1CCCN1)C2. The molecule has 1 fully saturated rings. The zero-order chi connectivity index (χ0) is 10.1. The third kappa shape index (κ3) is 1.92. The van der Waals surface area contributed by atoms with Crippen LogP contribution < -0.4 is 5.32 Å². The summed E-state index contributed by atoms with van der Waals surface area (Å²) >= 11 is 0. The van der Waals surface area contributed by atoms with Crippen LogP contribution in [-0.2, 0) is 13.1 Å². The highest BCUT2D eigenvalue weighted by Crippen LogP contribution is 2.23. The fraction of sp³-hybridized carbons (Fsp3) is 0.538. The van der Waals surface area contributed by atoms with Crippen molar-refractivity contribution in [1.29, 1.82) is 0 Å². The summed E-state index contributed by atoms with van der Waals surface area (Å²) in [6, 6.07) is 9.56. The Kier molecular flexibility index (Phi) is 2.47. The Morgan fingerprint density at radius 2 is 1.93 bits per heavy atom. The van der Waals surface area contributed by atoms with Gasteiger partial charge < -0.3 is 5.32 Å². The van der Waals surface area contributed by atoms with Crippen LogP contribution in [0.1, 0.15) is 24.0 Å². The number of nitrogens with zero attached hydrogens (tertiary/aromatic N) is 1. The van der Waals surface area contributed by atoms with Crippen LogP contribution in [0, 0.1) is 0 Å². The molecule has 80 valence electrons. The summed E-state index contributed by atoms with van der Waals surface area (Å²) in [5.74, 6) is 0. The van der Waals surface area contributed by atoms with Gasteiger partial charge in [-0.1, -0.05) is 24.3 Å². The van der Waals surface area contributed by atoms with Gasteiger partial charge in [0.1, 0.15) is 0 Å². The Morgan fingerprint density at radius 1 is 1.20 bits per heavy atom. The van der Waals surface area contributed by atoms with E-state index in [4.69, 9.17) is 0 Å². The maximum absolute atomic E-state index is 3.57. The van der Waals surface area contributed by atoms with Gasteiger partial charge in [0.25, 0.3) is 0 Å². The Morgan fingerprint density at radius 3 is 2.53 bits per heavy atom. The average molecular weight is 202 g/mol. The molecule has 0 unspecified atom stereocenters. The molecule has 2 aliphatic rings. The van der Waals surface area contributed by atoms with E-state index in [2.05, 4.69) is 34.5 Å². The van der Waals surface area contributed by atoms with Gasteiger partial charge in [-0.25, -0.2) is 0 Å². The molecule has 2 aliphatic heterocycles. The number of benzene rings is 1. The van der Waals surface area contributed by atoms with Gasteiger partial charge in [-0.2, -0.15) is 0 Å². The predicted molar refractivity (Wildman–Crippen MR) is 61.6 cm³/mol. The van der Waals surface area contributed by atoms with Crippen molar-refractivity contribution in [2.75, 3.05) is 13.1 Å². The zero-order valence-corrected chi connectivity index (χ0v) is 9.08. The minimum atomic E-state index is 0.735. The number of hydrogen-bond donors (Lipinski definition) is 1. The lowest BCUT2D eigenvalue weighted by molar-refractivity contribution is 0.256. The highest BCUT2D eigenvalue weighted by atomic mass is 15.2. The Labute approximate surface area is 91.3 Å². The van der Waals surface area contributed by atoms with Gasteiger partial charge >= 0.3 is 0 Å². The Bertz CT molecular complexity index is 317. The number of hydrogen-bond acceptors (Lipinski definition) is 2. The van der Waals surface area contributed by atoms with Crippen molar-refractivity contribution < 1.29 is 0 Å². The molecule has 0 radical (unpaired) electrons. The van der Waals surface area contributed by atoms with Crippen molar-refractivity contribution in [3.63, 3.8) is 0 Å². The van der Waals surface area contributed by atoms with Crippen molar-refractivity contribution in [2.24, 2.45) is 0 Å². The molecule has 0 aromatic heterocycles. The molecule has 1 N–H and O–H groups in total. The highest BCUT2D eigenvalue weighted by Gasteiger charge is 2.22. The van der Waals surface area contributed by atoms with Crippen LogP contribution in [-0.4, -0.2) is 24.0 Å². The van der Waals surface area contributed by atoms with Gasteiger partial charge in [-0.3, -0.25) is 4.90 Å². The van der Waals surface area contributed by atoms with E-state index < -0.39 is 0 Å². The predicted octanol–water partition coefficient (Wildman–Crippen LogP) is 1.75. The molecule has 0 saturated carbocycles. The maximum Gasteiger partial charge on any atom is 0.0241 e. The molecule has 0 amide bonds. The number of fused-ring (bicyclic) bond motifs is 1. The van der Waals surface area contributed by atoms with Crippen LogP contribution in [0.15, 0.2) is 24.3 Å². The molecule has 1 aromatic rings. The molecule has 2 nitrogen and oxygen atoms in total. The van der Waals surface area contributed by atoms with Crippen molar-refractivity contribution >= 4 is 0 Å². The lowest BCUT2D eigenvalue weighted by atomic mass is 10.1. The van der Waals surface area contributed by atoms with E-state index in [0.29, 0.717) is 0 Å². The molecule has 1 saturated heterocycles. The first kappa shape index (κ1) is 9.37. The molecule has 1 atom stereocenters. The van der Waals surface area contributed by atoms with E-state index in [1.54, 1.807) is 0 Å². The number of rotatable bonds is 2. The van der Waals surface area contributed by atoms with E-state index in [9.17, 15) is 0 Å². The van der Waals surface area contributed by atoms with Gasteiger partial charge in [0, 0.05) is 25.7 Å². The summed E-state index contributed by atoms with van der Waals surface area (Å²) in [7, 11) is 0. The van der Waals surface area contributed by atoms with Crippen LogP contribution >= 0.6 is 0 Å². The van der Waals surface area contributed by atoms with E-state index in [1.807, 2.05) is 0 Å². The topological polar surface area (TPSA) is 15.3 Å². The van der Waals surface area contributed by atoms with Crippen molar-refractivity contribution in [3.05, 3.63) is 35.4 Å². The second-order valence-corrected chi connectivity index (χ2v) is 4.73. The van der Waals surface area contributed by atoms with E-state index in [-0.39, 0.29) is 0 Å². The van der Waals surface area contributed by atoms with Gasteiger partial charge in [-0.15, -0.1) is 0 Å². The average Bonchev–Trinajstić information content (AvgIpc) is 2.86. The quantitative estimate of drug-likeness (QED) is 0.786. The third-order valence-electron chi connectivity index (χ3n) is 3.55. The summed E-state index contributed by atoms with van der Waals surface area (Å²) in [6.07, 6.45) is 2.71. The first-order chi connectivity index (χ1) is 7.42. The largest absolute Gasteiger partial charge is 0.313 e. The lowest BCUT2D eigenvalue weighted by Gasteiger charge is -2.19. The van der Waals surface area contributed by atoms with Crippen molar-refractivity contribution in [3.8, 4) is 0 Å². The summed E-state index contributed by atoms with van der Waals surface area (Å²) in [5, 5.41) is 3.57. The van der Waals surface area contributed by atoms with Crippen LogP contribution in [0.2, 0.25) is 0 Å². The second kappa shape index (κ2) is 3.95. The van der Waals surface area contributed by atoms with Gasteiger partial charge in [0.05, 0.1) is 0 Å². The highest BCUT2D eigenvalue weighted by molar-refractivity contribution is 5.30. The lowest BCUT2D eigenvalue weighted by Crippen LogP contribution is -2.34. The normalized spacial score (nSPS) is 25.7. The molecule has 3 rings (SSSR count). The minimum Gasteiger partial charge on any atom is -0.313 e. The zero-order valence-electron chi connectivity index (χ0n) is 9.08. The fourth-order valence-electron chi connectivity index (χ4n) is 2.76. The van der Waals surface area contributed by atoms with Gasteiger partial charge in [-0.05, 0) is 30.5 Å². The van der Waals surface area contributed by atoms with E-state index >= 15 is 0 Å². The maximum atomic E-state index is 3.57. The first-order valence-corrected chi connectivity index (χ1v) is 5.94. The fourth-order valence-corrected chi connectivity index (χ4v) is 2.76. The van der Waals surface area contributed by atoms with Crippen LogP contribution in [0.25, 0.3) is 0 Å². The Hall–Kier alpha value is -0.860. The summed E-state index contributed by atoms with van der Waals surface area (Å²) < 4.78 is 0. The third-order valence-corrected chi connectivity index (χ3v) is 3.55. The summed E-state index contributed by atoms with van der Waals surface area (Å²) in [6.45, 7) is 4.73. The molecule has 0 bridgehead atoms. The first-order valence-electron chi connectivity index (χ1n) is 5.94. The van der Waals surface area contributed by atoms with Crippen molar-refractivity contribution in [1.82, 2.24) is 10.2 Å². The molecular weight excluding hydrogens is 184 g/mol. The van der Waals surface area contributed by atoms with Crippen LogP contribution in [0.5, 0.6) is 0 Å². The molecule has 1 aromatic carbocycles. The summed E-state index contributed by atoms with van der Waals surface area (Å²) in [5.41, 5.74) is 3.05. The minimum absolute atomic E-state index is 0.735. The van der Waals surface area contributed by atoms with E-state index in [1.165, 1.54) is 37.1 Å². The molecule has 2 heteroatoms. The molecule has 0 aliphatic carbocycles. The molecule has 2 heterocycles. The smallest absolute Gasteiger partial charge is 0.0241 e. The summed E-state index contributed by atoms with van der Waals surface area (Å²) in [4.78, 5) is 2.56. The molecule has 15 heavy (non-hydrogen) atoms. The Balaban J connectivity index is 1.63. The van der Waals surface area contributed by atoms with Gasteiger partial charge in [0.15, 0.2) is 0 Å². The standard InChI is InChI=1S/C13H18N2/c1-2-5-12-9-15(8-11(12)4-1)10-13-6-3-7-14-13/h1-2,4-5,13-14H,3,6-10H2/t13-/m0/s1. The monoisotopic (exact) mass is 202 g/mol. The second-order valence-electron chi connectivity index (χ2n) is 4.73. The number of nitrogens with one attached hydrogen (secondary N) is 1. The molecule has 0 spiro atoms. The van der Waals surface area contributed by atoms with Crippen molar-refractivity contribution in [2.45, 2.75) is 32.0 Å². The van der Waals surface area contributed by atoms with Gasteiger partial charge in [0.2, 0.25) is 0 Å². The van der Waals surface area contributed by atoms with Crippen LogP contribution in [0.4, 0.5) is 0 Å². The molecular formula is C13H18N2. The van der Waals surface area contributed by atoms with E-state index in [0.717, 1.165) is 19.1 Å².